The van der Waals surface area contributed by atoms with Crippen LogP contribution in [0, 0.1) is 0 Å². The Bertz CT molecular complexity index is 775. The van der Waals surface area contributed by atoms with Crippen LogP contribution in [0.25, 0.3) is 0 Å². The number of carbonyl (C=O) groups is 1. The van der Waals surface area contributed by atoms with Crippen molar-refractivity contribution in [3.8, 4) is 5.75 Å². The van der Waals surface area contributed by atoms with Crippen LogP contribution in [0.2, 0.25) is 15.1 Å². The molecule has 0 aliphatic carbocycles. The monoisotopic (exact) mass is 426 g/mol. The van der Waals surface area contributed by atoms with Crippen LogP contribution in [0.3, 0.4) is 0 Å². The summed E-state index contributed by atoms with van der Waals surface area (Å²) in [5, 5.41) is 4.71. The van der Waals surface area contributed by atoms with Crippen LogP contribution in [-0.4, -0.2) is 36.5 Å². The minimum absolute atomic E-state index is 0.0632. The van der Waals surface area contributed by atoms with Gasteiger partial charge in [-0.05, 0) is 48.7 Å². The molecule has 0 saturated carbocycles. The van der Waals surface area contributed by atoms with Crippen LogP contribution < -0.4 is 10.1 Å². The normalized spacial score (nSPS) is 15.5. The molecule has 7 heteroatoms. The molecule has 1 saturated heterocycles. The summed E-state index contributed by atoms with van der Waals surface area (Å²) in [6.07, 6.45) is 1.84. The van der Waals surface area contributed by atoms with E-state index in [9.17, 15) is 4.79 Å². The lowest BCUT2D eigenvalue weighted by Crippen LogP contribution is -2.45. The number of amides is 1. The van der Waals surface area contributed by atoms with Crippen LogP contribution in [0.5, 0.6) is 5.75 Å². The van der Waals surface area contributed by atoms with Gasteiger partial charge in [0.15, 0.2) is 6.61 Å². The van der Waals surface area contributed by atoms with Crippen molar-refractivity contribution < 1.29 is 9.53 Å². The first kappa shape index (κ1) is 20.3. The topological polar surface area (TPSA) is 41.6 Å². The number of halogens is 3. The van der Waals surface area contributed by atoms with Gasteiger partial charge < -0.3 is 10.1 Å². The van der Waals surface area contributed by atoms with Crippen LogP contribution in [0.15, 0.2) is 42.5 Å². The largest absolute Gasteiger partial charge is 0.482 e. The molecule has 1 fully saturated rings. The van der Waals surface area contributed by atoms with E-state index in [1.165, 1.54) is 5.56 Å². The van der Waals surface area contributed by atoms with E-state index in [4.69, 9.17) is 39.5 Å². The van der Waals surface area contributed by atoms with E-state index >= 15 is 0 Å². The van der Waals surface area contributed by atoms with E-state index < -0.39 is 0 Å². The second-order valence-corrected chi connectivity index (χ2v) is 7.89. The third-order valence-corrected chi connectivity index (χ3v) is 5.31. The highest BCUT2D eigenvalue weighted by molar-refractivity contribution is 6.35. The Morgan fingerprint density at radius 3 is 2.37 bits per heavy atom. The number of likely N-dealkylation sites (tertiary alicyclic amines) is 1. The standard InChI is InChI=1S/C20H21Cl3N2O2/c21-15-3-1-14(2-4-15)12-25-9-7-17(8-10-25)24-20(26)13-27-19-6-5-16(22)11-18(19)23/h1-6,11,17H,7-10,12-13H2,(H,24,26). The average Bonchev–Trinajstić information content (AvgIpc) is 2.64. The Kier molecular flexibility index (Phi) is 7.25. The lowest BCUT2D eigenvalue weighted by molar-refractivity contribution is -0.124. The summed E-state index contributed by atoms with van der Waals surface area (Å²) in [5.74, 6) is 0.311. The summed E-state index contributed by atoms with van der Waals surface area (Å²) in [6, 6.07) is 13.0. The van der Waals surface area contributed by atoms with E-state index in [1.807, 2.05) is 12.1 Å². The summed E-state index contributed by atoms with van der Waals surface area (Å²) in [5.41, 5.74) is 1.25. The molecule has 2 aromatic rings. The Labute approximate surface area is 174 Å². The van der Waals surface area contributed by atoms with Gasteiger partial charge in [-0.3, -0.25) is 9.69 Å². The molecule has 144 valence electrons. The van der Waals surface area contributed by atoms with Crippen LogP contribution in [0.4, 0.5) is 0 Å². The highest BCUT2D eigenvalue weighted by atomic mass is 35.5. The van der Waals surface area contributed by atoms with Crippen LogP contribution >= 0.6 is 34.8 Å². The van der Waals surface area contributed by atoms with Crippen LogP contribution in [-0.2, 0) is 11.3 Å². The van der Waals surface area contributed by atoms with Gasteiger partial charge >= 0.3 is 0 Å². The molecule has 3 rings (SSSR count). The van der Waals surface area contributed by atoms with Gasteiger partial charge in [0.05, 0.1) is 5.02 Å². The van der Waals surface area contributed by atoms with Crippen molar-refractivity contribution in [1.29, 1.82) is 0 Å². The lowest BCUT2D eigenvalue weighted by atomic mass is 10.0. The van der Waals surface area contributed by atoms with Gasteiger partial charge in [-0.2, -0.15) is 0 Å². The zero-order valence-electron chi connectivity index (χ0n) is 14.8. The van der Waals surface area contributed by atoms with Crippen LogP contribution in [0.1, 0.15) is 18.4 Å². The smallest absolute Gasteiger partial charge is 0.258 e. The van der Waals surface area contributed by atoms with E-state index in [0.717, 1.165) is 37.5 Å². The lowest BCUT2D eigenvalue weighted by Gasteiger charge is -2.32. The first-order valence-corrected chi connectivity index (χ1v) is 9.97. The SMILES string of the molecule is O=C(COc1ccc(Cl)cc1Cl)NC1CCN(Cc2ccc(Cl)cc2)CC1. The summed E-state index contributed by atoms with van der Waals surface area (Å²) in [6.45, 7) is 2.72. The number of piperidine rings is 1. The third kappa shape index (κ3) is 6.28. The number of hydrogen-bond donors (Lipinski definition) is 1. The molecular formula is C20H21Cl3N2O2. The molecular weight excluding hydrogens is 407 g/mol. The summed E-state index contributed by atoms with van der Waals surface area (Å²) in [4.78, 5) is 14.5. The summed E-state index contributed by atoms with van der Waals surface area (Å²) in [7, 11) is 0. The van der Waals surface area contributed by atoms with Crippen molar-refractivity contribution in [1.82, 2.24) is 10.2 Å². The maximum atomic E-state index is 12.1. The Balaban J connectivity index is 1.39. The quantitative estimate of drug-likeness (QED) is 0.719. The van der Waals surface area contributed by atoms with Crippen molar-refractivity contribution >= 4 is 40.7 Å². The van der Waals surface area contributed by atoms with E-state index in [0.29, 0.717) is 15.8 Å². The molecule has 1 heterocycles. The van der Waals surface area contributed by atoms with Crippen molar-refractivity contribution in [2.75, 3.05) is 19.7 Å². The molecule has 1 N–H and O–H groups in total. The molecule has 27 heavy (non-hydrogen) atoms. The maximum Gasteiger partial charge on any atom is 0.258 e. The molecule has 0 aromatic heterocycles. The minimum atomic E-state index is -0.142. The Hall–Kier alpha value is -1.46. The number of benzene rings is 2. The number of rotatable bonds is 6. The molecule has 0 atom stereocenters. The molecule has 0 radical (unpaired) electrons. The molecule has 1 aliphatic heterocycles. The zero-order chi connectivity index (χ0) is 19.2. The third-order valence-electron chi connectivity index (χ3n) is 4.52. The molecule has 2 aromatic carbocycles. The zero-order valence-corrected chi connectivity index (χ0v) is 17.0. The summed E-state index contributed by atoms with van der Waals surface area (Å²) < 4.78 is 5.48. The average molecular weight is 428 g/mol. The fourth-order valence-corrected chi connectivity index (χ4v) is 3.68. The Morgan fingerprint density at radius 2 is 1.70 bits per heavy atom. The highest BCUT2D eigenvalue weighted by Crippen LogP contribution is 2.27. The second-order valence-electron chi connectivity index (χ2n) is 6.61. The van der Waals surface area contributed by atoms with Gasteiger partial charge in [-0.15, -0.1) is 0 Å². The van der Waals surface area contributed by atoms with Crippen molar-refractivity contribution in [2.45, 2.75) is 25.4 Å². The fraction of sp³-hybridized carbons (Fsp3) is 0.350. The van der Waals surface area contributed by atoms with Crippen molar-refractivity contribution in [3.63, 3.8) is 0 Å². The minimum Gasteiger partial charge on any atom is -0.482 e. The second kappa shape index (κ2) is 9.65. The van der Waals surface area contributed by atoms with Gasteiger partial charge in [-0.1, -0.05) is 46.9 Å². The van der Waals surface area contributed by atoms with E-state index in [2.05, 4.69) is 22.3 Å². The van der Waals surface area contributed by atoms with Crippen molar-refractivity contribution in [3.05, 3.63) is 63.1 Å². The van der Waals surface area contributed by atoms with Gasteiger partial charge in [-0.25, -0.2) is 0 Å². The maximum absolute atomic E-state index is 12.1. The van der Waals surface area contributed by atoms with Gasteiger partial charge in [0.2, 0.25) is 0 Å². The fourth-order valence-electron chi connectivity index (χ4n) is 3.09. The summed E-state index contributed by atoms with van der Waals surface area (Å²) >= 11 is 17.8. The number of hydrogen-bond acceptors (Lipinski definition) is 3. The predicted molar refractivity (Wildman–Crippen MR) is 110 cm³/mol. The highest BCUT2D eigenvalue weighted by Gasteiger charge is 2.21. The van der Waals surface area contributed by atoms with Gasteiger partial charge in [0.1, 0.15) is 5.75 Å². The molecule has 0 unspecified atom stereocenters. The number of nitrogens with one attached hydrogen (secondary N) is 1. The first-order valence-electron chi connectivity index (χ1n) is 8.83. The van der Waals surface area contributed by atoms with Gasteiger partial charge in [0.25, 0.3) is 5.91 Å². The predicted octanol–water partition coefficient (Wildman–Crippen LogP) is 4.81. The van der Waals surface area contributed by atoms with E-state index in [1.54, 1.807) is 18.2 Å². The van der Waals surface area contributed by atoms with Crippen molar-refractivity contribution in [2.24, 2.45) is 0 Å². The first-order chi connectivity index (χ1) is 13.0. The Morgan fingerprint density at radius 1 is 1.04 bits per heavy atom. The number of nitrogens with zero attached hydrogens (tertiary/aromatic N) is 1. The molecule has 0 bridgehead atoms. The van der Waals surface area contributed by atoms with E-state index in [-0.39, 0.29) is 18.6 Å². The molecule has 1 aliphatic rings. The number of carbonyl (C=O) groups excluding carboxylic acids is 1. The number of ether oxygens (including phenoxy) is 1. The molecule has 0 spiro atoms. The van der Waals surface area contributed by atoms with Gasteiger partial charge in [0, 0.05) is 35.7 Å². The molecule has 1 amide bonds. The molecule has 4 nitrogen and oxygen atoms in total.